The van der Waals surface area contributed by atoms with Gasteiger partial charge in [-0.05, 0) is 54.4 Å². The van der Waals surface area contributed by atoms with Gasteiger partial charge in [-0.1, -0.05) is 24.3 Å². The van der Waals surface area contributed by atoms with Crippen molar-refractivity contribution >= 4 is 5.91 Å². The molecule has 6 nitrogen and oxygen atoms in total. The van der Waals surface area contributed by atoms with E-state index in [1.54, 1.807) is 19.0 Å². The average molecular weight is 355 g/mol. The molecule has 2 aromatic carbocycles. The van der Waals surface area contributed by atoms with Crippen molar-refractivity contribution in [2.24, 2.45) is 0 Å². The first-order valence-electron chi connectivity index (χ1n) is 8.69. The van der Waals surface area contributed by atoms with Crippen molar-refractivity contribution in [2.75, 3.05) is 14.1 Å². The summed E-state index contributed by atoms with van der Waals surface area (Å²) in [6, 6.07) is 13.7. The molecule has 3 rings (SSSR count). The molecule has 26 heavy (non-hydrogen) atoms. The molecule has 0 fully saturated rings. The van der Waals surface area contributed by atoms with Gasteiger partial charge in [0.25, 0.3) is 5.91 Å². The second kappa shape index (κ2) is 7.97. The van der Waals surface area contributed by atoms with Crippen LogP contribution in [0.1, 0.15) is 28.4 Å². The van der Waals surface area contributed by atoms with E-state index in [1.807, 2.05) is 31.2 Å². The lowest BCUT2D eigenvalue weighted by molar-refractivity contribution is 0.0493. The van der Waals surface area contributed by atoms with Crippen LogP contribution in [0.3, 0.4) is 0 Å². The van der Waals surface area contributed by atoms with Gasteiger partial charge in [0.1, 0.15) is 6.17 Å². The minimum Gasteiger partial charge on any atom is -0.372 e. The highest BCUT2D eigenvalue weighted by Crippen LogP contribution is 2.27. The van der Waals surface area contributed by atoms with Crippen LogP contribution in [0.25, 0.3) is 11.1 Å². The fourth-order valence-electron chi connectivity index (χ4n) is 3.18. The molecule has 6 heteroatoms. The van der Waals surface area contributed by atoms with Crippen molar-refractivity contribution in [2.45, 2.75) is 32.3 Å². The topological polar surface area (TPSA) is 73.8 Å². The standard InChI is InChI=1S/C20H25N3O3/c1-13(19(21-2)22-25)23(3)20(24)15-6-4-14(5-7-15)16-8-9-17-11-26-12-18(17)10-16/h4-10,13,19,21-22,25H,11-12H2,1-3H3. The molecule has 0 saturated carbocycles. The molecule has 0 bridgehead atoms. The molecule has 0 spiro atoms. The average Bonchev–Trinajstić information content (AvgIpc) is 3.15. The number of nitrogens with zero attached hydrogens (tertiary/aromatic N) is 1. The number of hydrogen-bond donors (Lipinski definition) is 3. The van der Waals surface area contributed by atoms with E-state index in [9.17, 15) is 4.79 Å². The summed E-state index contributed by atoms with van der Waals surface area (Å²) in [6.07, 6.45) is -0.406. The van der Waals surface area contributed by atoms with Gasteiger partial charge in [-0.25, -0.2) is 0 Å². The van der Waals surface area contributed by atoms with E-state index in [0.717, 1.165) is 11.1 Å². The molecule has 1 heterocycles. The highest BCUT2D eigenvalue weighted by Gasteiger charge is 2.23. The van der Waals surface area contributed by atoms with Crippen molar-refractivity contribution in [3.05, 3.63) is 59.2 Å². The van der Waals surface area contributed by atoms with Crippen molar-refractivity contribution in [1.82, 2.24) is 15.7 Å². The van der Waals surface area contributed by atoms with Gasteiger partial charge < -0.3 is 20.2 Å². The molecule has 2 aromatic rings. The first-order chi connectivity index (χ1) is 12.5. The quantitative estimate of drug-likeness (QED) is 0.548. The van der Waals surface area contributed by atoms with Gasteiger partial charge in [0.2, 0.25) is 0 Å². The summed E-state index contributed by atoms with van der Waals surface area (Å²) in [5.74, 6) is -0.0955. The molecule has 1 amide bonds. The van der Waals surface area contributed by atoms with Crippen LogP contribution in [-0.4, -0.2) is 42.3 Å². The van der Waals surface area contributed by atoms with E-state index >= 15 is 0 Å². The van der Waals surface area contributed by atoms with Gasteiger partial charge >= 0.3 is 0 Å². The third-order valence-corrected chi connectivity index (χ3v) is 5.05. The molecule has 0 saturated heterocycles. The number of fused-ring (bicyclic) bond motifs is 1. The minimum absolute atomic E-state index is 0.0955. The van der Waals surface area contributed by atoms with Crippen molar-refractivity contribution in [3.8, 4) is 11.1 Å². The Morgan fingerprint density at radius 2 is 1.77 bits per heavy atom. The minimum atomic E-state index is -0.406. The number of benzene rings is 2. The number of rotatable bonds is 6. The molecular formula is C20H25N3O3. The first kappa shape index (κ1) is 18.5. The van der Waals surface area contributed by atoms with Crippen LogP contribution in [0, 0.1) is 0 Å². The highest BCUT2D eigenvalue weighted by molar-refractivity contribution is 5.94. The van der Waals surface area contributed by atoms with Gasteiger partial charge in [-0.2, -0.15) is 5.48 Å². The summed E-state index contributed by atoms with van der Waals surface area (Å²) in [4.78, 5) is 14.3. The summed E-state index contributed by atoms with van der Waals surface area (Å²) in [7, 11) is 3.45. The normalized spacial score (nSPS) is 15.4. The van der Waals surface area contributed by atoms with E-state index in [0.29, 0.717) is 18.8 Å². The summed E-state index contributed by atoms with van der Waals surface area (Å²) >= 11 is 0. The van der Waals surface area contributed by atoms with Crippen LogP contribution >= 0.6 is 0 Å². The Bertz CT molecular complexity index is 772. The second-order valence-electron chi connectivity index (χ2n) is 6.61. The number of likely N-dealkylation sites (N-methyl/N-ethyl adjacent to an activating group) is 2. The third kappa shape index (κ3) is 3.64. The van der Waals surface area contributed by atoms with E-state index in [-0.39, 0.29) is 11.9 Å². The Morgan fingerprint density at radius 3 is 2.42 bits per heavy atom. The van der Waals surface area contributed by atoms with Crippen molar-refractivity contribution in [3.63, 3.8) is 0 Å². The van der Waals surface area contributed by atoms with Crippen LogP contribution in [0.2, 0.25) is 0 Å². The number of carbonyl (C=O) groups excluding carboxylic acids is 1. The maximum Gasteiger partial charge on any atom is 0.253 e. The van der Waals surface area contributed by atoms with Gasteiger partial charge in [0.05, 0.1) is 19.3 Å². The Hall–Kier alpha value is -2.25. The van der Waals surface area contributed by atoms with Crippen molar-refractivity contribution < 1.29 is 14.7 Å². The number of nitrogens with one attached hydrogen (secondary N) is 2. The fraction of sp³-hybridized carbons (Fsp3) is 0.350. The Kier molecular flexibility index (Phi) is 5.68. The number of hydrogen-bond acceptors (Lipinski definition) is 5. The smallest absolute Gasteiger partial charge is 0.253 e. The number of carbonyl (C=O) groups is 1. The van der Waals surface area contributed by atoms with Crippen LogP contribution in [0.4, 0.5) is 0 Å². The highest BCUT2D eigenvalue weighted by atomic mass is 16.5. The molecule has 0 radical (unpaired) electrons. The largest absolute Gasteiger partial charge is 0.372 e. The summed E-state index contributed by atoms with van der Waals surface area (Å²) in [5, 5.41) is 12.1. The number of hydroxylamine groups is 1. The lowest BCUT2D eigenvalue weighted by Gasteiger charge is -2.31. The molecular weight excluding hydrogens is 330 g/mol. The molecule has 2 unspecified atom stereocenters. The molecule has 2 atom stereocenters. The summed E-state index contributed by atoms with van der Waals surface area (Å²) in [6.45, 7) is 3.21. The van der Waals surface area contributed by atoms with Gasteiger partial charge in [-0.3, -0.25) is 4.79 Å². The summed E-state index contributed by atoms with van der Waals surface area (Å²) < 4.78 is 5.46. The Balaban J connectivity index is 1.75. The lowest BCUT2D eigenvalue weighted by atomic mass is 9.99. The van der Waals surface area contributed by atoms with Crippen LogP contribution < -0.4 is 10.8 Å². The van der Waals surface area contributed by atoms with E-state index in [4.69, 9.17) is 9.94 Å². The van der Waals surface area contributed by atoms with E-state index in [1.165, 1.54) is 11.1 Å². The van der Waals surface area contributed by atoms with Crippen LogP contribution in [0.5, 0.6) is 0 Å². The molecule has 1 aliphatic heterocycles. The fourth-order valence-corrected chi connectivity index (χ4v) is 3.18. The van der Waals surface area contributed by atoms with E-state index in [2.05, 4.69) is 29.0 Å². The zero-order valence-corrected chi connectivity index (χ0v) is 15.3. The van der Waals surface area contributed by atoms with Gasteiger partial charge in [-0.15, -0.1) is 0 Å². The van der Waals surface area contributed by atoms with Crippen LogP contribution in [-0.2, 0) is 18.0 Å². The zero-order chi connectivity index (χ0) is 18.7. The van der Waals surface area contributed by atoms with Crippen LogP contribution in [0.15, 0.2) is 42.5 Å². The predicted molar refractivity (Wildman–Crippen MR) is 99.7 cm³/mol. The number of ether oxygens (including phenoxy) is 1. The first-order valence-corrected chi connectivity index (χ1v) is 8.69. The monoisotopic (exact) mass is 355 g/mol. The molecule has 3 N–H and O–H groups in total. The molecule has 138 valence electrons. The molecule has 0 aliphatic carbocycles. The maximum atomic E-state index is 12.7. The molecule has 0 aromatic heterocycles. The second-order valence-corrected chi connectivity index (χ2v) is 6.61. The number of amides is 1. The molecule has 1 aliphatic rings. The lowest BCUT2D eigenvalue weighted by Crippen LogP contribution is -2.54. The maximum absolute atomic E-state index is 12.7. The van der Waals surface area contributed by atoms with Crippen molar-refractivity contribution in [1.29, 1.82) is 0 Å². The Morgan fingerprint density at radius 1 is 1.12 bits per heavy atom. The predicted octanol–water partition coefficient (Wildman–Crippen LogP) is 2.37. The summed E-state index contributed by atoms with van der Waals surface area (Å²) in [5.41, 5.74) is 7.44. The van der Waals surface area contributed by atoms with E-state index < -0.39 is 6.17 Å². The van der Waals surface area contributed by atoms with Gasteiger partial charge in [0, 0.05) is 12.6 Å². The SMILES string of the molecule is CNC(NO)C(C)N(C)C(=O)c1ccc(-c2ccc3c(c2)COC3)cc1. The Labute approximate surface area is 153 Å². The van der Waals surface area contributed by atoms with Gasteiger partial charge in [0.15, 0.2) is 0 Å². The zero-order valence-electron chi connectivity index (χ0n) is 15.3. The third-order valence-electron chi connectivity index (χ3n) is 5.05.